The summed E-state index contributed by atoms with van der Waals surface area (Å²) in [6, 6.07) is 3.97. The Balaban J connectivity index is 1.72. The number of ether oxygens (including phenoxy) is 2. The Morgan fingerprint density at radius 3 is 2.74 bits per heavy atom. The van der Waals surface area contributed by atoms with E-state index in [0.717, 1.165) is 62.4 Å². The predicted octanol–water partition coefficient (Wildman–Crippen LogP) is 2.87. The number of carbonyl (C=O) groups is 1. The zero-order valence-corrected chi connectivity index (χ0v) is 16.5. The Bertz CT molecular complexity index is 747. The molecule has 3 rings (SSSR count). The molecule has 3 heterocycles. The Morgan fingerprint density at radius 1 is 1.37 bits per heavy atom. The third kappa shape index (κ3) is 4.60. The van der Waals surface area contributed by atoms with Gasteiger partial charge in [0.2, 0.25) is 0 Å². The van der Waals surface area contributed by atoms with E-state index in [1.54, 1.807) is 6.08 Å². The average Bonchev–Trinajstić information content (AvgIpc) is 3.39. The fourth-order valence-corrected chi connectivity index (χ4v) is 3.93. The predicted molar refractivity (Wildman–Crippen MR) is 103 cm³/mol. The van der Waals surface area contributed by atoms with E-state index in [1.807, 2.05) is 32.9 Å². The molecule has 1 N–H and O–H groups in total. The monoisotopic (exact) mass is 371 g/mol. The molecule has 0 spiro atoms. The summed E-state index contributed by atoms with van der Waals surface area (Å²) >= 11 is 0. The number of aromatic nitrogens is 1. The van der Waals surface area contributed by atoms with Crippen LogP contribution in [0.2, 0.25) is 0 Å². The van der Waals surface area contributed by atoms with Crippen LogP contribution in [0.15, 0.2) is 11.6 Å². The van der Waals surface area contributed by atoms with Crippen LogP contribution in [0.1, 0.15) is 49.6 Å². The first-order chi connectivity index (χ1) is 13.0. The zero-order valence-electron chi connectivity index (χ0n) is 16.5. The summed E-state index contributed by atoms with van der Waals surface area (Å²) in [6.45, 7) is 8.38. The second-order valence-corrected chi connectivity index (χ2v) is 7.56. The lowest BCUT2D eigenvalue weighted by Gasteiger charge is -2.19. The van der Waals surface area contributed by atoms with Gasteiger partial charge in [0.05, 0.1) is 18.2 Å². The van der Waals surface area contributed by atoms with Crippen LogP contribution >= 0.6 is 0 Å². The van der Waals surface area contributed by atoms with Gasteiger partial charge in [-0.05, 0) is 64.2 Å². The van der Waals surface area contributed by atoms with Gasteiger partial charge in [0.25, 0.3) is 5.91 Å². The molecule has 2 aliphatic heterocycles. The molecule has 3 atom stereocenters. The van der Waals surface area contributed by atoms with Crippen molar-refractivity contribution in [3.05, 3.63) is 28.6 Å². The molecule has 27 heavy (non-hydrogen) atoms. The van der Waals surface area contributed by atoms with Crippen LogP contribution in [0.5, 0.6) is 0 Å². The Kier molecular flexibility index (Phi) is 6.35. The SMILES string of the molecule is Cc1cc(C=C(C#N)C(=O)NC(C)C2CCCO2)c(C)n1CC1CCCO1. The Labute approximate surface area is 161 Å². The molecule has 2 saturated heterocycles. The minimum atomic E-state index is -0.343. The molecule has 1 amide bonds. The summed E-state index contributed by atoms with van der Waals surface area (Å²) in [5, 5.41) is 12.4. The van der Waals surface area contributed by atoms with Gasteiger partial charge >= 0.3 is 0 Å². The van der Waals surface area contributed by atoms with Crippen LogP contribution in [-0.4, -0.2) is 41.9 Å². The number of nitriles is 1. The lowest BCUT2D eigenvalue weighted by Crippen LogP contribution is -2.41. The van der Waals surface area contributed by atoms with Crippen LogP contribution in [0, 0.1) is 25.2 Å². The van der Waals surface area contributed by atoms with Crippen molar-refractivity contribution in [1.29, 1.82) is 5.26 Å². The highest BCUT2D eigenvalue weighted by Gasteiger charge is 2.25. The standard InChI is InChI=1S/C21H29N3O3/c1-14-10-17(16(3)24(14)13-19-6-4-8-26-19)11-18(12-22)21(25)23-15(2)20-7-5-9-27-20/h10-11,15,19-20H,4-9,13H2,1-3H3,(H,23,25). The van der Waals surface area contributed by atoms with Gasteiger partial charge in [-0.3, -0.25) is 4.79 Å². The highest BCUT2D eigenvalue weighted by molar-refractivity contribution is 6.02. The molecule has 0 bridgehead atoms. The van der Waals surface area contributed by atoms with E-state index in [2.05, 4.69) is 9.88 Å². The number of aryl methyl sites for hydroxylation is 1. The van der Waals surface area contributed by atoms with Crippen LogP contribution in [0.4, 0.5) is 0 Å². The first-order valence-corrected chi connectivity index (χ1v) is 9.82. The Hall–Kier alpha value is -2.10. The van der Waals surface area contributed by atoms with Gasteiger partial charge in [0.15, 0.2) is 0 Å². The maximum Gasteiger partial charge on any atom is 0.262 e. The van der Waals surface area contributed by atoms with Gasteiger partial charge in [0, 0.05) is 31.1 Å². The van der Waals surface area contributed by atoms with Gasteiger partial charge in [-0.2, -0.15) is 5.26 Å². The number of carbonyl (C=O) groups excluding carboxylic acids is 1. The third-order valence-corrected chi connectivity index (χ3v) is 5.57. The topological polar surface area (TPSA) is 76.3 Å². The second-order valence-electron chi connectivity index (χ2n) is 7.56. The maximum absolute atomic E-state index is 12.5. The lowest BCUT2D eigenvalue weighted by molar-refractivity contribution is -0.118. The normalized spacial score (nSPS) is 24.0. The van der Waals surface area contributed by atoms with Crippen LogP contribution in [-0.2, 0) is 20.8 Å². The van der Waals surface area contributed by atoms with Crippen molar-refractivity contribution in [2.24, 2.45) is 0 Å². The first kappa shape index (κ1) is 19.7. The summed E-state index contributed by atoms with van der Waals surface area (Å²) in [5.41, 5.74) is 3.19. The van der Waals surface area contributed by atoms with Gasteiger partial charge in [-0.25, -0.2) is 0 Å². The number of nitrogens with zero attached hydrogens (tertiary/aromatic N) is 2. The van der Waals surface area contributed by atoms with Gasteiger partial charge < -0.3 is 19.4 Å². The van der Waals surface area contributed by atoms with E-state index in [4.69, 9.17) is 9.47 Å². The van der Waals surface area contributed by atoms with Gasteiger partial charge in [-0.15, -0.1) is 0 Å². The quantitative estimate of drug-likeness (QED) is 0.616. The molecule has 146 valence electrons. The van der Waals surface area contributed by atoms with E-state index in [0.29, 0.717) is 0 Å². The van der Waals surface area contributed by atoms with Crippen molar-refractivity contribution in [1.82, 2.24) is 9.88 Å². The van der Waals surface area contributed by atoms with Crippen molar-refractivity contribution in [3.8, 4) is 6.07 Å². The largest absolute Gasteiger partial charge is 0.376 e. The van der Waals surface area contributed by atoms with Crippen molar-refractivity contribution < 1.29 is 14.3 Å². The fourth-order valence-electron chi connectivity index (χ4n) is 3.93. The molecule has 0 aliphatic carbocycles. The first-order valence-electron chi connectivity index (χ1n) is 9.82. The van der Waals surface area contributed by atoms with Crippen LogP contribution in [0.25, 0.3) is 6.08 Å². The molecule has 0 radical (unpaired) electrons. The summed E-state index contributed by atoms with van der Waals surface area (Å²) in [7, 11) is 0. The van der Waals surface area contributed by atoms with Crippen LogP contribution in [0.3, 0.4) is 0 Å². The molecular formula is C21H29N3O3. The zero-order chi connectivity index (χ0) is 19.4. The number of hydrogen-bond donors (Lipinski definition) is 1. The van der Waals surface area contributed by atoms with E-state index >= 15 is 0 Å². The molecule has 0 saturated carbocycles. The van der Waals surface area contributed by atoms with Crippen molar-refractivity contribution in [3.63, 3.8) is 0 Å². The number of hydrogen-bond acceptors (Lipinski definition) is 4. The van der Waals surface area contributed by atoms with Gasteiger partial charge in [0.1, 0.15) is 11.6 Å². The van der Waals surface area contributed by atoms with E-state index in [1.165, 1.54) is 0 Å². The highest BCUT2D eigenvalue weighted by atomic mass is 16.5. The molecular weight excluding hydrogens is 342 g/mol. The fraction of sp³-hybridized carbons (Fsp3) is 0.619. The summed E-state index contributed by atoms with van der Waals surface area (Å²) < 4.78 is 13.6. The Morgan fingerprint density at radius 2 is 2.11 bits per heavy atom. The maximum atomic E-state index is 12.5. The van der Waals surface area contributed by atoms with E-state index in [-0.39, 0.29) is 29.7 Å². The van der Waals surface area contributed by atoms with E-state index < -0.39 is 0 Å². The van der Waals surface area contributed by atoms with Crippen molar-refractivity contribution >= 4 is 12.0 Å². The van der Waals surface area contributed by atoms with Gasteiger partial charge in [-0.1, -0.05) is 0 Å². The molecule has 2 aliphatic rings. The molecule has 6 heteroatoms. The summed E-state index contributed by atoms with van der Waals surface area (Å²) in [5.74, 6) is -0.343. The molecule has 3 unspecified atom stereocenters. The van der Waals surface area contributed by atoms with Crippen LogP contribution < -0.4 is 5.32 Å². The second kappa shape index (κ2) is 8.73. The third-order valence-electron chi connectivity index (χ3n) is 5.57. The average molecular weight is 371 g/mol. The van der Waals surface area contributed by atoms with Crippen molar-refractivity contribution in [2.75, 3.05) is 13.2 Å². The minimum absolute atomic E-state index is 0.0327. The number of rotatable bonds is 6. The molecule has 2 fully saturated rings. The summed E-state index contributed by atoms with van der Waals surface area (Å²) in [6.07, 6.45) is 6.11. The molecule has 1 aromatic rings. The molecule has 1 aromatic heterocycles. The molecule has 6 nitrogen and oxygen atoms in total. The molecule has 0 aromatic carbocycles. The van der Waals surface area contributed by atoms with E-state index in [9.17, 15) is 10.1 Å². The highest BCUT2D eigenvalue weighted by Crippen LogP contribution is 2.22. The smallest absolute Gasteiger partial charge is 0.262 e. The summed E-state index contributed by atoms with van der Waals surface area (Å²) in [4.78, 5) is 12.5. The number of nitrogens with one attached hydrogen (secondary N) is 1. The van der Waals surface area contributed by atoms with Crippen molar-refractivity contribution in [2.45, 2.75) is 71.2 Å². The minimum Gasteiger partial charge on any atom is -0.376 e. The number of amides is 1. The lowest BCUT2D eigenvalue weighted by atomic mass is 10.1.